The molecule has 1 aliphatic carbocycles. The Kier molecular flexibility index (Phi) is 5.09. The maximum Gasteiger partial charge on any atom is 0.310 e. The molecule has 3 N–H and O–H groups in total. The van der Waals surface area contributed by atoms with Crippen LogP contribution in [-0.2, 0) is 20.9 Å². The molecule has 0 spiro atoms. The Morgan fingerprint density at radius 2 is 1.86 bits per heavy atom. The molecule has 4 rings (SSSR count). The quantitative estimate of drug-likeness (QED) is 0.675. The first kappa shape index (κ1) is 18.9. The van der Waals surface area contributed by atoms with E-state index in [-0.39, 0.29) is 23.7 Å². The van der Waals surface area contributed by atoms with Crippen molar-refractivity contribution in [3.8, 4) is 0 Å². The Hall–Kier alpha value is -2.42. The SMILES string of the molecule is CCn1cc(NC(=O)[C@H]2[C@@H](C(=O)O)[C@@H]3CC[C@H]2O3)c(C(=O)NC2CCCC2)n1. The summed E-state index contributed by atoms with van der Waals surface area (Å²) in [6, 6.07) is 0.137. The molecule has 2 bridgehead atoms. The first-order valence-corrected chi connectivity index (χ1v) is 10.1. The van der Waals surface area contributed by atoms with Gasteiger partial charge in [0.15, 0.2) is 5.69 Å². The monoisotopic (exact) mass is 390 g/mol. The first-order valence-electron chi connectivity index (χ1n) is 10.1. The van der Waals surface area contributed by atoms with E-state index < -0.39 is 29.8 Å². The average molecular weight is 390 g/mol. The van der Waals surface area contributed by atoms with Gasteiger partial charge in [-0.25, -0.2) is 0 Å². The number of hydrogen-bond acceptors (Lipinski definition) is 5. The van der Waals surface area contributed by atoms with Gasteiger partial charge < -0.3 is 20.5 Å². The second-order valence-corrected chi connectivity index (χ2v) is 7.87. The number of amides is 2. The molecule has 2 aliphatic heterocycles. The van der Waals surface area contributed by atoms with Gasteiger partial charge in [-0.3, -0.25) is 19.1 Å². The number of carboxylic acids is 1. The lowest BCUT2D eigenvalue weighted by Crippen LogP contribution is -2.41. The van der Waals surface area contributed by atoms with Crippen molar-refractivity contribution in [1.29, 1.82) is 0 Å². The number of anilines is 1. The highest BCUT2D eigenvalue weighted by molar-refractivity contribution is 6.03. The van der Waals surface area contributed by atoms with Crippen LogP contribution in [0.5, 0.6) is 0 Å². The van der Waals surface area contributed by atoms with Gasteiger partial charge in [0.25, 0.3) is 5.91 Å². The summed E-state index contributed by atoms with van der Waals surface area (Å²) in [4.78, 5) is 37.2. The fourth-order valence-corrected chi connectivity index (χ4v) is 4.71. The first-order chi connectivity index (χ1) is 13.5. The third-order valence-electron chi connectivity index (χ3n) is 6.11. The normalized spacial score (nSPS) is 29.2. The maximum atomic E-state index is 12.9. The third-order valence-corrected chi connectivity index (χ3v) is 6.11. The molecule has 9 nitrogen and oxygen atoms in total. The Bertz CT molecular complexity index is 785. The number of aliphatic carboxylic acids is 1. The molecule has 0 radical (unpaired) electrons. The van der Waals surface area contributed by atoms with Crippen molar-refractivity contribution in [2.75, 3.05) is 5.32 Å². The van der Waals surface area contributed by atoms with E-state index in [1.807, 2.05) is 6.92 Å². The van der Waals surface area contributed by atoms with E-state index in [1.165, 1.54) is 0 Å². The summed E-state index contributed by atoms with van der Waals surface area (Å²) in [5.41, 5.74) is 0.479. The molecule has 2 amide bonds. The van der Waals surface area contributed by atoms with Crippen LogP contribution in [0.2, 0.25) is 0 Å². The summed E-state index contributed by atoms with van der Waals surface area (Å²) in [5, 5.41) is 19.6. The van der Waals surface area contributed by atoms with Gasteiger partial charge in [0, 0.05) is 18.8 Å². The van der Waals surface area contributed by atoms with Crippen LogP contribution >= 0.6 is 0 Å². The molecule has 1 aromatic heterocycles. The lowest BCUT2D eigenvalue weighted by atomic mass is 9.78. The van der Waals surface area contributed by atoms with Gasteiger partial charge in [-0.05, 0) is 32.6 Å². The predicted molar refractivity (Wildman–Crippen MR) is 98.8 cm³/mol. The van der Waals surface area contributed by atoms with Crippen molar-refractivity contribution in [3.05, 3.63) is 11.9 Å². The molecular formula is C19H26N4O5. The molecule has 152 valence electrons. The molecule has 0 unspecified atom stereocenters. The lowest BCUT2D eigenvalue weighted by molar-refractivity contribution is -0.147. The summed E-state index contributed by atoms with van der Waals surface area (Å²) < 4.78 is 7.26. The van der Waals surface area contributed by atoms with Gasteiger partial charge >= 0.3 is 5.97 Å². The predicted octanol–water partition coefficient (Wildman–Crippen LogP) is 1.39. The number of carbonyl (C=O) groups excluding carboxylic acids is 2. The largest absolute Gasteiger partial charge is 0.481 e. The summed E-state index contributed by atoms with van der Waals surface area (Å²) in [5.74, 6) is -3.36. The molecule has 9 heteroatoms. The molecule has 28 heavy (non-hydrogen) atoms. The van der Waals surface area contributed by atoms with Crippen LogP contribution in [0.1, 0.15) is 55.9 Å². The molecular weight excluding hydrogens is 364 g/mol. The number of hydrogen-bond donors (Lipinski definition) is 3. The van der Waals surface area contributed by atoms with Crippen molar-refractivity contribution in [2.24, 2.45) is 11.8 Å². The third kappa shape index (κ3) is 3.39. The van der Waals surface area contributed by atoms with E-state index >= 15 is 0 Å². The van der Waals surface area contributed by atoms with Crippen LogP contribution in [0.3, 0.4) is 0 Å². The molecule has 4 atom stereocenters. The minimum Gasteiger partial charge on any atom is -0.481 e. The van der Waals surface area contributed by atoms with E-state index in [9.17, 15) is 19.5 Å². The smallest absolute Gasteiger partial charge is 0.310 e. The molecule has 3 aliphatic rings. The van der Waals surface area contributed by atoms with Crippen LogP contribution in [0, 0.1) is 11.8 Å². The van der Waals surface area contributed by atoms with E-state index in [1.54, 1.807) is 10.9 Å². The van der Waals surface area contributed by atoms with Crippen LogP contribution in [0.4, 0.5) is 5.69 Å². The summed E-state index contributed by atoms with van der Waals surface area (Å²) >= 11 is 0. The van der Waals surface area contributed by atoms with Crippen LogP contribution in [0.25, 0.3) is 0 Å². The van der Waals surface area contributed by atoms with Crippen molar-refractivity contribution in [2.45, 2.75) is 70.2 Å². The zero-order chi connectivity index (χ0) is 19.8. The molecule has 3 heterocycles. The number of fused-ring (bicyclic) bond motifs is 2. The Balaban J connectivity index is 1.52. The summed E-state index contributed by atoms with van der Waals surface area (Å²) in [6.07, 6.45) is 6.24. The van der Waals surface area contributed by atoms with Gasteiger partial charge in [-0.1, -0.05) is 12.8 Å². The van der Waals surface area contributed by atoms with Gasteiger partial charge in [0.2, 0.25) is 5.91 Å². The number of ether oxygens (including phenoxy) is 1. The zero-order valence-corrected chi connectivity index (χ0v) is 15.9. The Morgan fingerprint density at radius 1 is 1.18 bits per heavy atom. The van der Waals surface area contributed by atoms with E-state index in [0.717, 1.165) is 25.7 Å². The maximum absolute atomic E-state index is 12.9. The van der Waals surface area contributed by atoms with E-state index in [2.05, 4.69) is 15.7 Å². The van der Waals surface area contributed by atoms with Crippen molar-refractivity contribution in [1.82, 2.24) is 15.1 Å². The van der Waals surface area contributed by atoms with Crippen LogP contribution in [-0.4, -0.2) is 50.9 Å². The number of carboxylic acid groups (broad SMARTS) is 1. The fraction of sp³-hybridized carbons (Fsp3) is 0.684. The van der Waals surface area contributed by atoms with Crippen LogP contribution in [0.15, 0.2) is 6.20 Å². The molecule has 1 aromatic rings. The Morgan fingerprint density at radius 3 is 2.50 bits per heavy atom. The summed E-state index contributed by atoms with van der Waals surface area (Å²) in [7, 11) is 0. The van der Waals surface area contributed by atoms with E-state index in [4.69, 9.17) is 4.74 Å². The van der Waals surface area contributed by atoms with E-state index in [0.29, 0.717) is 25.1 Å². The highest BCUT2D eigenvalue weighted by Gasteiger charge is 2.55. The zero-order valence-electron chi connectivity index (χ0n) is 15.9. The highest BCUT2D eigenvalue weighted by atomic mass is 16.5. The molecule has 2 saturated heterocycles. The van der Waals surface area contributed by atoms with Gasteiger partial charge in [-0.15, -0.1) is 0 Å². The van der Waals surface area contributed by atoms with Crippen molar-refractivity contribution < 1.29 is 24.2 Å². The fourth-order valence-electron chi connectivity index (χ4n) is 4.71. The number of aryl methyl sites for hydroxylation is 1. The number of carbonyl (C=O) groups is 3. The molecule has 1 saturated carbocycles. The standard InChI is InChI=1S/C19H26N4O5/c1-2-23-9-11(16(22-23)18(25)20-10-5-3-4-6-10)21-17(24)14-12-7-8-13(28-12)15(14)19(26)27/h9-10,12-15H,2-8H2,1H3,(H,20,25)(H,21,24)(H,26,27)/t12-,13+,14-,15+/m1/s1. The number of aromatic nitrogens is 2. The van der Waals surface area contributed by atoms with Crippen molar-refractivity contribution >= 4 is 23.5 Å². The number of nitrogens with zero attached hydrogens (tertiary/aromatic N) is 2. The second-order valence-electron chi connectivity index (χ2n) is 7.87. The van der Waals surface area contributed by atoms with Crippen molar-refractivity contribution in [3.63, 3.8) is 0 Å². The molecule has 3 fully saturated rings. The molecule has 0 aromatic carbocycles. The van der Waals surface area contributed by atoms with Gasteiger partial charge in [0.1, 0.15) is 0 Å². The van der Waals surface area contributed by atoms with Crippen LogP contribution < -0.4 is 10.6 Å². The number of rotatable bonds is 6. The summed E-state index contributed by atoms with van der Waals surface area (Å²) in [6.45, 7) is 2.44. The average Bonchev–Trinajstić information content (AvgIpc) is 3.44. The second kappa shape index (κ2) is 7.54. The minimum atomic E-state index is -1.02. The lowest BCUT2D eigenvalue weighted by Gasteiger charge is -2.23. The van der Waals surface area contributed by atoms with Gasteiger partial charge in [-0.2, -0.15) is 5.10 Å². The number of nitrogens with one attached hydrogen (secondary N) is 2. The topological polar surface area (TPSA) is 123 Å². The Labute approximate surface area is 162 Å². The highest BCUT2D eigenvalue weighted by Crippen LogP contribution is 2.44. The van der Waals surface area contributed by atoms with Gasteiger partial charge in [0.05, 0.1) is 29.7 Å². The minimum absolute atomic E-state index is 0.137.